The van der Waals surface area contributed by atoms with Gasteiger partial charge in [0.1, 0.15) is 0 Å². The van der Waals surface area contributed by atoms with E-state index in [2.05, 4.69) is 5.32 Å². The lowest BCUT2D eigenvalue weighted by Gasteiger charge is -2.25. The molecule has 2 aromatic rings. The molecular weight excluding hydrogens is 474 g/mol. The molecule has 188 valence electrons. The Kier molecular flexibility index (Phi) is 7.26. The van der Waals surface area contributed by atoms with Gasteiger partial charge in [0.05, 0.1) is 18.3 Å². The first-order chi connectivity index (χ1) is 16.6. The maximum Gasteiger partial charge on any atom is 0.453 e. The quantitative estimate of drug-likeness (QED) is 0.417. The number of fused-ring (bicyclic) bond motifs is 3. The van der Waals surface area contributed by atoms with Crippen LogP contribution in [-0.4, -0.2) is 47.6 Å². The van der Waals surface area contributed by atoms with E-state index in [0.717, 1.165) is 16.7 Å². The molecule has 0 aromatic heterocycles. The van der Waals surface area contributed by atoms with Gasteiger partial charge in [-0.05, 0) is 69.9 Å². The van der Waals surface area contributed by atoms with Gasteiger partial charge in [-0.1, -0.05) is 29.8 Å². The minimum absolute atomic E-state index is 0.0224. The number of carbonyl (C=O) groups excluding carboxylic acids is 2. The monoisotopic (exact) mass is 503 g/mol. The number of hydrogen-bond acceptors (Lipinski definition) is 8. The third kappa shape index (κ3) is 5.24. The van der Waals surface area contributed by atoms with Crippen LogP contribution in [0.15, 0.2) is 36.4 Å². The number of benzene rings is 2. The number of esters is 2. The van der Waals surface area contributed by atoms with Crippen molar-refractivity contribution in [2.45, 2.75) is 70.7 Å². The van der Waals surface area contributed by atoms with Crippen LogP contribution in [0.5, 0.6) is 11.5 Å². The summed E-state index contributed by atoms with van der Waals surface area (Å²) in [5.74, 6) is -3.64. The second-order valence-corrected chi connectivity index (χ2v) is 9.78. The van der Waals surface area contributed by atoms with Crippen LogP contribution in [0.3, 0.4) is 0 Å². The highest BCUT2D eigenvalue weighted by Crippen LogP contribution is 2.47. The zero-order chi connectivity index (χ0) is 25.3. The maximum atomic E-state index is 12.9. The lowest BCUT2D eigenvalue weighted by Crippen LogP contribution is -2.56. The number of nitrogens with one attached hydrogen (secondary N) is 1. The molecule has 4 rings (SSSR count). The van der Waals surface area contributed by atoms with Crippen molar-refractivity contribution in [2.24, 2.45) is 0 Å². The van der Waals surface area contributed by atoms with Gasteiger partial charge in [-0.15, -0.1) is 0 Å². The van der Waals surface area contributed by atoms with E-state index in [0.29, 0.717) is 30.2 Å². The zero-order valence-corrected chi connectivity index (χ0v) is 20.9. The van der Waals surface area contributed by atoms with E-state index >= 15 is 0 Å². The Morgan fingerprint density at radius 2 is 1.77 bits per heavy atom. The Morgan fingerprint density at radius 1 is 1.09 bits per heavy atom. The molecule has 0 spiro atoms. The number of rotatable bonds is 8. The number of aliphatic hydroxyl groups excluding tert-OH is 1. The number of hydrogen-bond donors (Lipinski definition) is 2. The van der Waals surface area contributed by atoms with Gasteiger partial charge in [0.2, 0.25) is 0 Å². The summed E-state index contributed by atoms with van der Waals surface area (Å²) < 4.78 is 22.3. The summed E-state index contributed by atoms with van der Waals surface area (Å²) in [4.78, 5) is 25.9. The van der Waals surface area contributed by atoms with Crippen LogP contribution >= 0.6 is 11.6 Å². The minimum atomic E-state index is -2.35. The number of ether oxygens (including phenoxy) is 4. The van der Waals surface area contributed by atoms with Crippen molar-refractivity contribution >= 4 is 23.5 Å². The van der Waals surface area contributed by atoms with E-state index in [-0.39, 0.29) is 11.8 Å². The smallest absolute Gasteiger partial charge is 0.453 e. The number of aliphatic hydroxyl groups is 1. The van der Waals surface area contributed by atoms with Crippen molar-refractivity contribution in [3.8, 4) is 11.5 Å². The first-order valence-electron chi connectivity index (χ1n) is 11.7. The van der Waals surface area contributed by atoms with Gasteiger partial charge in [-0.25, -0.2) is 9.59 Å². The molecule has 1 aliphatic heterocycles. The Hall–Kier alpha value is -2.81. The molecule has 0 saturated carbocycles. The fourth-order valence-corrected chi connectivity index (χ4v) is 4.44. The van der Waals surface area contributed by atoms with Crippen LogP contribution in [0.2, 0.25) is 5.02 Å². The molecule has 2 N–H and O–H groups in total. The molecule has 35 heavy (non-hydrogen) atoms. The molecule has 9 heteroatoms. The summed E-state index contributed by atoms with van der Waals surface area (Å²) >= 11 is 6.03. The van der Waals surface area contributed by atoms with Gasteiger partial charge in [0.25, 0.3) is 0 Å². The predicted molar refractivity (Wildman–Crippen MR) is 128 cm³/mol. The molecule has 2 aromatic carbocycles. The molecule has 1 heterocycles. The summed E-state index contributed by atoms with van der Waals surface area (Å²) in [6.45, 7) is 7.03. The largest absolute Gasteiger partial charge is 0.457 e. The summed E-state index contributed by atoms with van der Waals surface area (Å²) in [5.41, 5.74) is 2.58. The first kappa shape index (κ1) is 25.3. The standard InChI is InChI=1S/C26H30ClNO7/c1-14(2)32-24(30)26(25(31)33-15(3)4)34-22-9-8-16-11-19(12-20(16)23(22)35-26)28-13-21(29)17-6-5-7-18(27)10-17/h5-10,14-15,19,21,28-29H,11-13H2,1-4H3/t19-,21+/m1/s1. The summed E-state index contributed by atoms with van der Waals surface area (Å²) in [6, 6.07) is 10.7. The fourth-order valence-electron chi connectivity index (χ4n) is 4.25. The van der Waals surface area contributed by atoms with Crippen molar-refractivity contribution in [1.82, 2.24) is 5.32 Å². The van der Waals surface area contributed by atoms with E-state index in [1.165, 1.54) is 0 Å². The SMILES string of the molecule is CC(C)OC(=O)C1(C(=O)OC(C)C)Oc2ccc3c(c2O1)C[C@H](NC[C@H](O)c1cccc(Cl)c1)C3. The third-order valence-electron chi connectivity index (χ3n) is 5.79. The summed E-state index contributed by atoms with van der Waals surface area (Å²) in [5, 5.41) is 14.5. The molecule has 0 unspecified atom stereocenters. The maximum absolute atomic E-state index is 12.9. The van der Waals surface area contributed by atoms with Crippen molar-refractivity contribution < 1.29 is 33.6 Å². The van der Waals surface area contributed by atoms with Crippen molar-refractivity contribution in [2.75, 3.05) is 6.54 Å². The van der Waals surface area contributed by atoms with Gasteiger partial charge in [0, 0.05) is 23.2 Å². The Balaban J connectivity index is 1.50. The first-order valence-corrected chi connectivity index (χ1v) is 12.1. The van der Waals surface area contributed by atoms with Crippen LogP contribution in [-0.2, 0) is 31.9 Å². The Labute approximate surface area is 209 Å². The average molecular weight is 504 g/mol. The second-order valence-electron chi connectivity index (χ2n) is 9.34. The van der Waals surface area contributed by atoms with E-state index in [1.54, 1.807) is 52.0 Å². The van der Waals surface area contributed by atoms with Crippen LogP contribution in [0, 0.1) is 0 Å². The highest BCUT2D eigenvalue weighted by Gasteiger charge is 2.61. The second kappa shape index (κ2) is 10.0. The van der Waals surface area contributed by atoms with Crippen LogP contribution < -0.4 is 14.8 Å². The van der Waals surface area contributed by atoms with Crippen LogP contribution in [0.1, 0.15) is 50.5 Å². The zero-order valence-electron chi connectivity index (χ0n) is 20.2. The van der Waals surface area contributed by atoms with Gasteiger partial charge in [-0.3, -0.25) is 0 Å². The number of carbonyl (C=O) groups is 2. The van der Waals surface area contributed by atoms with E-state index < -0.39 is 36.0 Å². The molecule has 0 fully saturated rings. The van der Waals surface area contributed by atoms with Gasteiger partial charge >= 0.3 is 17.7 Å². The highest BCUT2D eigenvalue weighted by molar-refractivity contribution is 6.30. The van der Waals surface area contributed by atoms with Crippen molar-refractivity contribution in [3.05, 3.63) is 58.1 Å². The molecule has 0 radical (unpaired) electrons. The van der Waals surface area contributed by atoms with Gasteiger partial charge in [0.15, 0.2) is 11.5 Å². The van der Waals surface area contributed by atoms with Gasteiger partial charge in [-0.2, -0.15) is 0 Å². The third-order valence-corrected chi connectivity index (χ3v) is 6.03. The van der Waals surface area contributed by atoms with Crippen molar-refractivity contribution in [1.29, 1.82) is 0 Å². The molecule has 2 atom stereocenters. The molecule has 0 bridgehead atoms. The fraction of sp³-hybridized carbons (Fsp3) is 0.462. The molecule has 0 amide bonds. The lowest BCUT2D eigenvalue weighted by molar-refractivity contribution is -0.207. The highest BCUT2D eigenvalue weighted by atomic mass is 35.5. The Bertz CT molecular complexity index is 1090. The normalized spacial score (nSPS) is 18.5. The topological polar surface area (TPSA) is 103 Å². The Morgan fingerprint density at radius 3 is 2.40 bits per heavy atom. The lowest BCUT2D eigenvalue weighted by atomic mass is 10.1. The summed E-state index contributed by atoms with van der Waals surface area (Å²) in [7, 11) is 0. The van der Waals surface area contributed by atoms with Gasteiger partial charge < -0.3 is 29.4 Å². The van der Waals surface area contributed by atoms with Crippen molar-refractivity contribution in [3.63, 3.8) is 0 Å². The minimum Gasteiger partial charge on any atom is -0.457 e. The van der Waals surface area contributed by atoms with Crippen LogP contribution in [0.25, 0.3) is 0 Å². The van der Waals surface area contributed by atoms with Crippen LogP contribution in [0.4, 0.5) is 0 Å². The predicted octanol–water partition coefficient (Wildman–Crippen LogP) is 3.50. The van der Waals surface area contributed by atoms with E-state index in [1.807, 2.05) is 12.1 Å². The molecular formula is C26H30ClNO7. The summed E-state index contributed by atoms with van der Waals surface area (Å²) in [6.07, 6.45) is -0.418. The van der Waals surface area contributed by atoms with E-state index in [9.17, 15) is 14.7 Å². The molecule has 1 aliphatic carbocycles. The number of halogens is 1. The average Bonchev–Trinajstić information content (AvgIpc) is 3.38. The molecule has 2 aliphatic rings. The molecule has 0 saturated heterocycles. The molecule has 8 nitrogen and oxygen atoms in total. The van der Waals surface area contributed by atoms with E-state index in [4.69, 9.17) is 30.5 Å².